The maximum atomic E-state index is 12.2. The Balaban J connectivity index is 1.88. The highest BCUT2D eigenvalue weighted by atomic mass is 16.6. The number of carbonyl (C=O) groups is 1. The van der Waals surface area contributed by atoms with Gasteiger partial charge in [0.15, 0.2) is 6.54 Å². The van der Waals surface area contributed by atoms with Crippen LogP contribution in [0.1, 0.15) is 11.1 Å². The van der Waals surface area contributed by atoms with Crippen molar-refractivity contribution in [2.24, 2.45) is 0 Å². The predicted molar refractivity (Wildman–Crippen MR) is 99.8 cm³/mol. The molecule has 138 valence electrons. The summed E-state index contributed by atoms with van der Waals surface area (Å²) in [7, 11) is 1.88. The molecule has 2 aromatic carbocycles. The van der Waals surface area contributed by atoms with E-state index in [1.807, 2.05) is 44.3 Å². The number of nitrogens with one attached hydrogen (secondary N) is 2. The number of nitrogens with zero attached hydrogens (tertiary/aromatic N) is 1. The summed E-state index contributed by atoms with van der Waals surface area (Å²) in [4.78, 5) is 23.9. The van der Waals surface area contributed by atoms with E-state index in [0.29, 0.717) is 13.2 Å². The van der Waals surface area contributed by atoms with Gasteiger partial charge in [-0.25, -0.2) is 0 Å². The molecule has 26 heavy (non-hydrogen) atoms. The number of aryl methyl sites for hydroxylation is 2. The van der Waals surface area contributed by atoms with E-state index in [1.165, 1.54) is 6.07 Å². The number of ether oxygens (including phenoxy) is 1. The van der Waals surface area contributed by atoms with E-state index in [-0.39, 0.29) is 23.8 Å². The van der Waals surface area contributed by atoms with Crippen molar-refractivity contribution >= 4 is 17.3 Å². The third-order valence-electron chi connectivity index (χ3n) is 4.09. The van der Waals surface area contributed by atoms with Crippen LogP contribution in [0.25, 0.3) is 0 Å². The standard InChI is InChI=1S/C19H23N3O4/c1-14-11-17(18(22(24)25)12-15(14)2)20-19(23)13-21(3)9-10-26-16-7-5-4-6-8-16/h4-8,11-12H,9-10,13H2,1-3H3,(H,20,23)/p+1. The van der Waals surface area contributed by atoms with Gasteiger partial charge in [0.05, 0.1) is 12.0 Å². The third kappa shape index (κ3) is 5.56. The topological polar surface area (TPSA) is 85.9 Å². The number of hydrogen-bond donors (Lipinski definition) is 2. The zero-order valence-electron chi connectivity index (χ0n) is 15.2. The number of nitro benzene ring substituents is 1. The van der Waals surface area contributed by atoms with Crippen LogP contribution in [0.2, 0.25) is 0 Å². The van der Waals surface area contributed by atoms with Gasteiger partial charge in [0, 0.05) is 6.07 Å². The SMILES string of the molecule is Cc1cc(NC(=O)C[NH+](C)CCOc2ccccc2)c([N+](=O)[O-])cc1C. The lowest BCUT2D eigenvalue weighted by Gasteiger charge is -2.15. The Morgan fingerprint density at radius 1 is 1.19 bits per heavy atom. The quantitative estimate of drug-likeness (QED) is 0.556. The lowest BCUT2D eigenvalue weighted by molar-refractivity contribution is -0.871. The van der Waals surface area contributed by atoms with Crippen LogP contribution in [0.15, 0.2) is 42.5 Å². The number of anilines is 1. The number of amides is 1. The van der Waals surface area contributed by atoms with Crippen molar-refractivity contribution in [1.82, 2.24) is 0 Å². The van der Waals surface area contributed by atoms with Gasteiger partial charge >= 0.3 is 0 Å². The average molecular weight is 358 g/mol. The van der Waals surface area contributed by atoms with E-state index in [1.54, 1.807) is 13.0 Å². The van der Waals surface area contributed by atoms with Crippen molar-refractivity contribution in [3.63, 3.8) is 0 Å². The van der Waals surface area contributed by atoms with Crippen LogP contribution in [0.5, 0.6) is 5.75 Å². The van der Waals surface area contributed by atoms with Crippen molar-refractivity contribution < 1.29 is 19.4 Å². The second-order valence-electron chi connectivity index (χ2n) is 6.30. The molecule has 0 aliphatic rings. The molecule has 0 aliphatic carbocycles. The van der Waals surface area contributed by atoms with E-state index < -0.39 is 4.92 Å². The van der Waals surface area contributed by atoms with Crippen molar-refractivity contribution in [1.29, 1.82) is 0 Å². The number of carbonyl (C=O) groups excluding carboxylic acids is 1. The van der Waals surface area contributed by atoms with Crippen molar-refractivity contribution in [2.45, 2.75) is 13.8 Å². The number of benzene rings is 2. The minimum absolute atomic E-state index is 0.0912. The summed E-state index contributed by atoms with van der Waals surface area (Å²) in [5, 5.41) is 13.9. The van der Waals surface area contributed by atoms with Crippen LogP contribution in [0.3, 0.4) is 0 Å². The number of hydrogen-bond acceptors (Lipinski definition) is 4. The highest BCUT2D eigenvalue weighted by Gasteiger charge is 2.19. The van der Waals surface area contributed by atoms with Crippen molar-refractivity contribution in [3.8, 4) is 5.75 Å². The molecule has 0 radical (unpaired) electrons. The fourth-order valence-corrected chi connectivity index (χ4v) is 2.47. The number of likely N-dealkylation sites (N-methyl/N-ethyl adjacent to an activating group) is 1. The molecule has 0 saturated carbocycles. The maximum absolute atomic E-state index is 12.2. The lowest BCUT2D eigenvalue weighted by atomic mass is 10.1. The monoisotopic (exact) mass is 358 g/mol. The molecule has 7 nitrogen and oxygen atoms in total. The van der Waals surface area contributed by atoms with Gasteiger partial charge in [-0.2, -0.15) is 0 Å². The molecule has 0 spiro atoms. The summed E-state index contributed by atoms with van der Waals surface area (Å²) in [6.45, 7) is 4.97. The first-order valence-electron chi connectivity index (χ1n) is 8.41. The molecule has 2 aromatic rings. The largest absolute Gasteiger partial charge is 0.488 e. The molecule has 0 heterocycles. The van der Waals surface area contributed by atoms with Crippen LogP contribution < -0.4 is 15.0 Å². The zero-order chi connectivity index (χ0) is 19.1. The summed E-state index contributed by atoms with van der Waals surface area (Å²) in [6, 6.07) is 12.6. The lowest BCUT2D eigenvalue weighted by Crippen LogP contribution is -3.10. The summed E-state index contributed by atoms with van der Waals surface area (Å²) in [5.41, 5.74) is 1.85. The maximum Gasteiger partial charge on any atom is 0.293 e. The first kappa shape index (κ1) is 19.4. The van der Waals surface area contributed by atoms with E-state index in [4.69, 9.17) is 4.74 Å². The highest BCUT2D eigenvalue weighted by molar-refractivity contribution is 5.94. The van der Waals surface area contributed by atoms with Crippen LogP contribution >= 0.6 is 0 Å². The van der Waals surface area contributed by atoms with Gasteiger partial charge in [-0.1, -0.05) is 18.2 Å². The van der Waals surface area contributed by atoms with Gasteiger partial charge in [0.25, 0.3) is 11.6 Å². The molecule has 0 saturated heterocycles. The number of para-hydroxylation sites is 1. The molecule has 1 unspecified atom stereocenters. The molecule has 0 fully saturated rings. The third-order valence-corrected chi connectivity index (χ3v) is 4.09. The molecular weight excluding hydrogens is 334 g/mol. The average Bonchev–Trinajstić information content (AvgIpc) is 2.58. The van der Waals surface area contributed by atoms with Crippen LogP contribution in [-0.4, -0.2) is 37.6 Å². The molecule has 0 aliphatic heterocycles. The fourth-order valence-electron chi connectivity index (χ4n) is 2.47. The van der Waals surface area contributed by atoms with Gasteiger partial charge < -0.3 is 15.0 Å². The van der Waals surface area contributed by atoms with Crippen LogP contribution in [0, 0.1) is 24.0 Å². The molecule has 2 rings (SSSR count). The molecular formula is C19H24N3O4+. The fraction of sp³-hybridized carbons (Fsp3) is 0.316. The van der Waals surface area contributed by atoms with Crippen molar-refractivity contribution in [3.05, 3.63) is 63.7 Å². The van der Waals surface area contributed by atoms with Gasteiger partial charge in [0.1, 0.15) is 24.6 Å². The van der Waals surface area contributed by atoms with E-state index in [2.05, 4.69) is 5.32 Å². The summed E-state index contributed by atoms with van der Waals surface area (Å²) in [5.74, 6) is 0.518. The highest BCUT2D eigenvalue weighted by Crippen LogP contribution is 2.27. The molecule has 0 bridgehead atoms. The number of rotatable bonds is 8. The molecule has 2 N–H and O–H groups in total. The van der Waals surface area contributed by atoms with Gasteiger partial charge in [0.2, 0.25) is 0 Å². The van der Waals surface area contributed by atoms with Gasteiger partial charge in [-0.15, -0.1) is 0 Å². The second kappa shape index (κ2) is 8.96. The second-order valence-corrected chi connectivity index (χ2v) is 6.30. The predicted octanol–water partition coefficient (Wildman–Crippen LogP) is 1.74. The first-order valence-corrected chi connectivity index (χ1v) is 8.41. The van der Waals surface area contributed by atoms with Gasteiger partial charge in [-0.05, 0) is 43.2 Å². The Morgan fingerprint density at radius 3 is 2.50 bits per heavy atom. The number of quaternary nitrogens is 1. The van der Waals surface area contributed by atoms with E-state index in [9.17, 15) is 14.9 Å². The molecule has 1 atom stereocenters. The Morgan fingerprint density at radius 2 is 1.85 bits per heavy atom. The molecule has 0 aromatic heterocycles. The summed E-state index contributed by atoms with van der Waals surface area (Å²) in [6.07, 6.45) is 0. The Hall–Kier alpha value is -2.93. The van der Waals surface area contributed by atoms with E-state index >= 15 is 0 Å². The zero-order valence-corrected chi connectivity index (χ0v) is 15.2. The molecule has 7 heteroatoms. The van der Waals surface area contributed by atoms with Crippen molar-refractivity contribution in [2.75, 3.05) is 32.1 Å². The minimum atomic E-state index is -0.480. The smallest absolute Gasteiger partial charge is 0.293 e. The van der Waals surface area contributed by atoms with Crippen LogP contribution in [0.4, 0.5) is 11.4 Å². The number of nitro groups is 1. The van der Waals surface area contributed by atoms with Crippen LogP contribution in [-0.2, 0) is 4.79 Å². The normalized spacial score (nSPS) is 11.7. The Labute approximate surface area is 152 Å². The Bertz CT molecular complexity index is 778. The molecule has 1 amide bonds. The van der Waals surface area contributed by atoms with E-state index in [0.717, 1.165) is 21.8 Å². The first-order chi connectivity index (χ1) is 12.4. The summed E-state index contributed by atoms with van der Waals surface area (Å²) < 4.78 is 5.61. The minimum Gasteiger partial charge on any atom is -0.488 e. The summed E-state index contributed by atoms with van der Waals surface area (Å²) >= 11 is 0. The van der Waals surface area contributed by atoms with Gasteiger partial charge in [-0.3, -0.25) is 14.9 Å². The Kier molecular flexibility index (Phi) is 6.68.